The van der Waals surface area contributed by atoms with Crippen LogP contribution in [0.25, 0.3) is 0 Å². The Morgan fingerprint density at radius 2 is 1.55 bits per heavy atom. The molecule has 5 nitrogen and oxygen atoms in total. The van der Waals surface area contributed by atoms with Crippen LogP contribution in [0.4, 0.5) is 0 Å². The zero-order chi connectivity index (χ0) is 20.6. The van der Waals surface area contributed by atoms with Crippen LogP contribution in [-0.4, -0.2) is 44.7 Å². The van der Waals surface area contributed by atoms with Crippen molar-refractivity contribution in [3.05, 3.63) is 59.2 Å². The number of hydrogen-bond acceptors (Lipinski definition) is 4. The maximum Gasteiger partial charge on any atom is 0.258 e. The first-order valence-corrected chi connectivity index (χ1v) is 10.4. The normalized spacial score (nSPS) is 16.0. The van der Waals surface area contributed by atoms with Gasteiger partial charge in [0.15, 0.2) is 0 Å². The molecule has 2 aromatic rings. The molecule has 0 bridgehead atoms. The highest BCUT2D eigenvalue weighted by atomic mass is 16.5. The van der Waals surface area contributed by atoms with Gasteiger partial charge >= 0.3 is 0 Å². The summed E-state index contributed by atoms with van der Waals surface area (Å²) >= 11 is 0. The number of likely N-dealkylation sites (tertiary alicyclic amines) is 1. The van der Waals surface area contributed by atoms with Gasteiger partial charge in [-0.15, -0.1) is 0 Å². The fourth-order valence-corrected chi connectivity index (χ4v) is 4.01. The van der Waals surface area contributed by atoms with Gasteiger partial charge in [-0.1, -0.05) is 48.7 Å². The molecule has 1 aliphatic rings. The molecule has 1 saturated heterocycles. The van der Waals surface area contributed by atoms with Crippen molar-refractivity contribution in [1.29, 1.82) is 0 Å². The van der Waals surface area contributed by atoms with Crippen molar-refractivity contribution < 1.29 is 14.3 Å². The molecule has 0 aliphatic carbocycles. The number of carbonyl (C=O) groups excluding carboxylic acids is 1. The Balaban J connectivity index is 1.81. The third-order valence-electron chi connectivity index (χ3n) is 5.65. The van der Waals surface area contributed by atoms with Crippen molar-refractivity contribution in [2.24, 2.45) is 0 Å². The van der Waals surface area contributed by atoms with Gasteiger partial charge in [-0.2, -0.15) is 0 Å². The molecule has 1 unspecified atom stereocenters. The number of methoxy groups -OCH3 is 2. The van der Waals surface area contributed by atoms with Crippen LogP contribution in [0.5, 0.6) is 11.5 Å². The largest absolute Gasteiger partial charge is 0.496 e. The molecule has 1 aliphatic heterocycles. The molecule has 0 saturated carbocycles. The Kier molecular flexibility index (Phi) is 7.53. The van der Waals surface area contributed by atoms with Crippen molar-refractivity contribution in [2.75, 3.05) is 33.9 Å². The zero-order valence-corrected chi connectivity index (χ0v) is 17.7. The molecular formula is C24H32N2O3. The number of benzene rings is 2. The van der Waals surface area contributed by atoms with E-state index in [-0.39, 0.29) is 11.9 Å². The van der Waals surface area contributed by atoms with Crippen molar-refractivity contribution in [2.45, 2.75) is 38.6 Å². The zero-order valence-electron chi connectivity index (χ0n) is 17.7. The number of nitrogens with zero attached hydrogens (tertiary/aromatic N) is 1. The van der Waals surface area contributed by atoms with E-state index in [0.717, 1.165) is 13.1 Å². The summed E-state index contributed by atoms with van der Waals surface area (Å²) in [6.45, 7) is 4.77. The molecule has 1 atom stereocenters. The highest BCUT2D eigenvalue weighted by molar-refractivity contribution is 5.99. The van der Waals surface area contributed by atoms with Crippen molar-refractivity contribution in [3.8, 4) is 11.5 Å². The van der Waals surface area contributed by atoms with E-state index < -0.39 is 0 Å². The van der Waals surface area contributed by atoms with E-state index >= 15 is 0 Å². The third kappa shape index (κ3) is 5.30. The maximum absolute atomic E-state index is 13.1. The van der Waals surface area contributed by atoms with E-state index in [1.165, 1.54) is 36.8 Å². The second kappa shape index (κ2) is 10.3. The summed E-state index contributed by atoms with van der Waals surface area (Å²) in [6.07, 6.45) is 4.97. The first-order valence-electron chi connectivity index (χ1n) is 10.4. The van der Waals surface area contributed by atoms with Crippen molar-refractivity contribution >= 4 is 5.91 Å². The number of carbonyl (C=O) groups is 1. The average molecular weight is 397 g/mol. The second-order valence-electron chi connectivity index (χ2n) is 7.62. The van der Waals surface area contributed by atoms with E-state index in [0.29, 0.717) is 23.6 Å². The molecule has 3 rings (SSSR count). The van der Waals surface area contributed by atoms with Crippen LogP contribution in [0.3, 0.4) is 0 Å². The first-order chi connectivity index (χ1) is 14.1. The number of ether oxygens (including phenoxy) is 2. The number of rotatable bonds is 7. The molecule has 1 amide bonds. The molecule has 0 aromatic heterocycles. The molecule has 5 heteroatoms. The Hall–Kier alpha value is -2.53. The van der Waals surface area contributed by atoms with Crippen LogP contribution >= 0.6 is 0 Å². The molecule has 0 spiro atoms. The van der Waals surface area contributed by atoms with Gasteiger partial charge < -0.3 is 14.8 Å². The second-order valence-corrected chi connectivity index (χ2v) is 7.62. The minimum Gasteiger partial charge on any atom is -0.496 e. The Labute approximate surface area is 174 Å². The van der Waals surface area contributed by atoms with Crippen LogP contribution in [0.1, 0.15) is 53.2 Å². The molecule has 29 heavy (non-hydrogen) atoms. The predicted octanol–water partition coefficient (Wildman–Crippen LogP) is 4.36. The third-order valence-corrected chi connectivity index (χ3v) is 5.65. The number of hydrogen-bond donors (Lipinski definition) is 1. The van der Waals surface area contributed by atoms with E-state index in [1.807, 2.05) is 6.07 Å². The van der Waals surface area contributed by atoms with E-state index in [2.05, 4.69) is 41.4 Å². The smallest absolute Gasteiger partial charge is 0.258 e. The maximum atomic E-state index is 13.1. The van der Waals surface area contributed by atoms with E-state index in [1.54, 1.807) is 26.4 Å². The minimum absolute atomic E-state index is 0.151. The van der Waals surface area contributed by atoms with Crippen molar-refractivity contribution in [1.82, 2.24) is 10.2 Å². The van der Waals surface area contributed by atoms with Gasteiger partial charge in [-0.3, -0.25) is 9.69 Å². The fourth-order valence-electron chi connectivity index (χ4n) is 4.01. The lowest BCUT2D eigenvalue weighted by Gasteiger charge is -2.31. The number of amides is 1. The lowest BCUT2D eigenvalue weighted by molar-refractivity contribution is 0.0927. The summed E-state index contributed by atoms with van der Waals surface area (Å²) in [7, 11) is 3.13. The Morgan fingerprint density at radius 1 is 0.966 bits per heavy atom. The lowest BCUT2D eigenvalue weighted by atomic mass is 10.0. The Morgan fingerprint density at radius 3 is 2.10 bits per heavy atom. The van der Waals surface area contributed by atoms with Gasteiger partial charge in [-0.25, -0.2) is 0 Å². The molecular weight excluding hydrogens is 364 g/mol. The van der Waals surface area contributed by atoms with Gasteiger partial charge in [-0.05, 0) is 50.6 Å². The summed E-state index contributed by atoms with van der Waals surface area (Å²) in [6, 6.07) is 14.2. The molecule has 0 radical (unpaired) electrons. The monoisotopic (exact) mass is 396 g/mol. The van der Waals surface area contributed by atoms with E-state index in [4.69, 9.17) is 9.47 Å². The van der Waals surface area contributed by atoms with Crippen LogP contribution in [0.15, 0.2) is 42.5 Å². The van der Waals surface area contributed by atoms with Gasteiger partial charge in [0, 0.05) is 6.54 Å². The Bertz CT molecular complexity index is 774. The SMILES string of the molecule is COc1cccc(OC)c1C(=O)NCC(c1ccc(C)cc1)N1CCCCCC1. The number of nitrogens with one attached hydrogen (secondary N) is 1. The quantitative estimate of drug-likeness (QED) is 0.756. The molecule has 156 valence electrons. The first kappa shape index (κ1) is 21.2. The standard InChI is InChI=1S/C24H32N2O3/c1-18-11-13-19(14-12-18)20(26-15-6-4-5-7-16-26)17-25-24(27)23-21(28-2)9-8-10-22(23)29-3/h8-14,20H,4-7,15-17H2,1-3H3,(H,25,27). The van der Waals surface area contributed by atoms with E-state index in [9.17, 15) is 4.79 Å². The van der Waals surface area contributed by atoms with Crippen LogP contribution in [-0.2, 0) is 0 Å². The van der Waals surface area contributed by atoms with Gasteiger partial charge in [0.1, 0.15) is 17.1 Å². The highest BCUT2D eigenvalue weighted by Gasteiger charge is 2.24. The molecule has 2 aromatic carbocycles. The van der Waals surface area contributed by atoms with Crippen LogP contribution < -0.4 is 14.8 Å². The van der Waals surface area contributed by atoms with Gasteiger partial charge in [0.25, 0.3) is 5.91 Å². The van der Waals surface area contributed by atoms with Gasteiger partial charge in [0.05, 0.1) is 20.3 Å². The van der Waals surface area contributed by atoms with Gasteiger partial charge in [0.2, 0.25) is 0 Å². The van der Waals surface area contributed by atoms with Crippen LogP contribution in [0, 0.1) is 6.92 Å². The lowest BCUT2D eigenvalue weighted by Crippen LogP contribution is -2.38. The molecule has 1 heterocycles. The van der Waals surface area contributed by atoms with Crippen molar-refractivity contribution in [3.63, 3.8) is 0 Å². The highest BCUT2D eigenvalue weighted by Crippen LogP contribution is 2.29. The summed E-state index contributed by atoms with van der Waals surface area (Å²) in [5, 5.41) is 3.14. The molecule has 1 N–H and O–H groups in total. The predicted molar refractivity (Wildman–Crippen MR) is 116 cm³/mol. The van der Waals surface area contributed by atoms with Crippen LogP contribution in [0.2, 0.25) is 0 Å². The summed E-state index contributed by atoms with van der Waals surface area (Å²) in [5.74, 6) is 0.859. The fraction of sp³-hybridized carbons (Fsp3) is 0.458. The molecule has 1 fully saturated rings. The topological polar surface area (TPSA) is 50.8 Å². The average Bonchev–Trinajstić information content (AvgIpc) is 3.03. The minimum atomic E-state index is -0.175. The summed E-state index contributed by atoms with van der Waals surface area (Å²) in [5.41, 5.74) is 2.92. The summed E-state index contributed by atoms with van der Waals surface area (Å²) in [4.78, 5) is 15.6. The number of aryl methyl sites for hydroxylation is 1. The summed E-state index contributed by atoms with van der Waals surface area (Å²) < 4.78 is 10.8.